The Bertz CT molecular complexity index is 1120. The van der Waals surface area contributed by atoms with Crippen LogP contribution >= 0.6 is 11.6 Å². The average Bonchev–Trinajstić information content (AvgIpc) is 3.38. The standard InChI is InChI=1S/C21H17ClN4O3/c1-28-17-10-8-16(9-11-17)23-19(27)13-26-12-2-3-18(26)21-24-20(25-29-21)14-4-6-15(22)7-5-14/h2-12H,13H2,1H3,(H,23,27). The normalized spacial score (nSPS) is 10.7. The Kier molecular flexibility index (Phi) is 5.31. The highest BCUT2D eigenvalue weighted by molar-refractivity contribution is 6.30. The number of amides is 1. The highest BCUT2D eigenvalue weighted by Crippen LogP contribution is 2.24. The quantitative estimate of drug-likeness (QED) is 0.507. The number of methoxy groups -OCH3 is 1. The van der Waals surface area contributed by atoms with Crippen LogP contribution in [0.4, 0.5) is 5.69 Å². The van der Waals surface area contributed by atoms with Crippen molar-refractivity contribution < 1.29 is 14.1 Å². The van der Waals surface area contributed by atoms with Crippen molar-refractivity contribution in [3.8, 4) is 28.7 Å². The molecule has 0 saturated carbocycles. The number of ether oxygens (including phenoxy) is 1. The van der Waals surface area contributed by atoms with E-state index in [9.17, 15) is 4.79 Å². The lowest BCUT2D eigenvalue weighted by Crippen LogP contribution is -2.18. The van der Waals surface area contributed by atoms with Gasteiger partial charge in [-0.1, -0.05) is 16.8 Å². The van der Waals surface area contributed by atoms with E-state index in [1.54, 1.807) is 54.3 Å². The minimum absolute atomic E-state index is 0.104. The predicted octanol–water partition coefficient (Wildman–Crippen LogP) is 4.51. The van der Waals surface area contributed by atoms with Gasteiger partial charge >= 0.3 is 0 Å². The van der Waals surface area contributed by atoms with Crippen LogP contribution in [0.25, 0.3) is 23.0 Å². The minimum Gasteiger partial charge on any atom is -0.497 e. The van der Waals surface area contributed by atoms with E-state index in [1.165, 1.54) is 0 Å². The Hall–Kier alpha value is -3.58. The zero-order valence-electron chi connectivity index (χ0n) is 15.5. The van der Waals surface area contributed by atoms with Crippen LogP contribution in [0.3, 0.4) is 0 Å². The first kappa shape index (κ1) is 18.8. The van der Waals surface area contributed by atoms with Crippen LogP contribution in [0.5, 0.6) is 5.75 Å². The molecule has 0 unspecified atom stereocenters. The van der Waals surface area contributed by atoms with Crippen molar-refractivity contribution in [2.75, 3.05) is 12.4 Å². The number of nitrogens with one attached hydrogen (secondary N) is 1. The Balaban J connectivity index is 1.48. The molecule has 29 heavy (non-hydrogen) atoms. The lowest BCUT2D eigenvalue weighted by molar-refractivity contribution is -0.116. The van der Waals surface area contributed by atoms with Gasteiger partial charge in [-0.25, -0.2) is 0 Å². The number of hydrogen-bond donors (Lipinski definition) is 1. The highest BCUT2D eigenvalue weighted by Gasteiger charge is 2.15. The molecule has 0 aliphatic carbocycles. The van der Waals surface area contributed by atoms with Gasteiger partial charge in [-0.3, -0.25) is 4.79 Å². The topological polar surface area (TPSA) is 82.2 Å². The molecule has 0 bridgehead atoms. The summed E-state index contributed by atoms with van der Waals surface area (Å²) in [6.07, 6.45) is 1.79. The van der Waals surface area contributed by atoms with Gasteiger partial charge in [-0.15, -0.1) is 0 Å². The molecule has 0 aliphatic rings. The lowest BCUT2D eigenvalue weighted by Gasteiger charge is -2.08. The first-order valence-corrected chi connectivity index (χ1v) is 9.19. The van der Waals surface area contributed by atoms with Crippen molar-refractivity contribution >= 4 is 23.2 Å². The van der Waals surface area contributed by atoms with E-state index >= 15 is 0 Å². The third-order valence-corrected chi connectivity index (χ3v) is 4.52. The van der Waals surface area contributed by atoms with Crippen LogP contribution in [0, 0.1) is 0 Å². The van der Waals surface area contributed by atoms with E-state index in [1.807, 2.05) is 24.3 Å². The van der Waals surface area contributed by atoms with Crippen LogP contribution in [0.2, 0.25) is 5.02 Å². The zero-order chi connectivity index (χ0) is 20.2. The van der Waals surface area contributed by atoms with Crippen molar-refractivity contribution in [2.24, 2.45) is 0 Å². The van der Waals surface area contributed by atoms with Crippen LogP contribution in [-0.4, -0.2) is 27.7 Å². The molecule has 0 spiro atoms. The van der Waals surface area contributed by atoms with Gasteiger partial charge in [-0.2, -0.15) is 4.98 Å². The van der Waals surface area contributed by atoms with Gasteiger partial charge in [0.15, 0.2) is 0 Å². The van der Waals surface area contributed by atoms with Crippen LogP contribution in [0.15, 0.2) is 71.4 Å². The van der Waals surface area contributed by atoms with E-state index < -0.39 is 0 Å². The van der Waals surface area contributed by atoms with Gasteiger partial charge in [0.05, 0.1) is 7.11 Å². The van der Waals surface area contributed by atoms with Gasteiger partial charge in [0, 0.05) is 22.5 Å². The molecule has 4 rings (SSSR count). The van der Waals surface area contributed by atoms with Gasteiger partial charge in [0.25, 0.3) is 5.89 Å². The molecule has 0 atom stereocenters. The van der Waals surface area contributed by atoms with Crippen molar-refractivity contribution in [2.45, 2.75) is 6.54 Å². The largest absolute Gasteiger partial charge is 0.497 e. The summed E-state index contributed by atoms with van der Waals surface area (Å²) >= 11 is 5.92. The molecular formula is C21H17ClN4O3. The van der Waals surface area contributed by atoms with Crippen molar-refractivity contribution in [3.63, 3.8) is 0 Å². The van der Waals surface area contributed by atoms with E-state index in [-0.39, 0.29) is 12.5 Å². The lowest BCUT2D eigenvalue weighted by atomic mass is 10.2. The second-order valence-corrected chi connectivity index (χ2v) is 6.66. The molecule has 2 aromatic heterocycles. The monoisotopic (exact) mass is 408 g/mol. The number of carbonyl (C=O) groups is 1. The fraction of sp³-hybridized carbons (Fsp3) is 0.0952. The number of rotatable bonds is 6. The molecule has 0 saturated heterocycles. The highest BCUT2D eigenvalue weighted by atomic mass is 35.5. The third-order valence-electron chi connectivity index (χ3n) is 4.26. The Morgan fingerprint density at radius 1 is 1.14 bits per heavy atom. The second kappa shape index (κ2) is 8.20. The van der Waals surface area contributed by atoms with E-state index in [2.05, 4.69) is 15.5 Å². The maximum atomic E-state index is 12.4. The molecule has 2 heterocycles. The number of hydrogen-bond acceptors (Lipinski definition) is 5. The summed E-state index contributed by atoms with van der Waals surface area (Å²) in [5.41, 5.74) is 2.13. The molecule has 0 aliphatic heterocycles. The summed E-state index contributed by atoms with van der Waals surface area (Å²) in [5, 5.41) is 7.51. The molecular weight excluding hydrogens is 392 g/mol. The zero-order valence-corrected chi connectivity index (χ0v) is 16.3. The molecule has 1 N–H and O–H groups in total. The van der Waals surface area contributed by atoms with Crippen molar-refractivity contribution in [1.82, 2.24) is 14.7 Å². The predicted molar refractivity (Wildman–Crippen MR) is 110 cm³/mol. The van der Waals surface area contributed by atoms with Crippen LogP contribution in [-0.2, 0) is 11.3 Å². The number of aromatic nitrogens is 3. The van der Waals surface area contributed by atoms with Gasteiger partial charge in [0.2, 0.25) is 11.7 Å². The second-order valence-electron chi connectivity index (χ2n) is 6.23. The number of benzene rings is 2. The fourth-order valence-corrected chi connectivity index (χ4v) is 2.95. The van der Waals surface area contributed by atoms with E-state index in [0.717, 1.165) is 11.3 Å². The smallest absolute Gasteiger partial charge is 0.274 e. The maximum absolute atomic E-state index is 12.4. The summed E-state index contributed by atoms with van der Waals surface area (Å²) in [7, 11) is 1.59. The maximum Gasteiger partial charge on any atom is 0.274 e. The molecule has 7 nitrogen and oxygen atoms in total. The third kappa shape index (κ3) is 4.30. The van der Waals surface area contributed by atoms with Gasteiger partial charge < -0.3 is 19.1 Å². The van der Waals surface area contributed by atoms with E-state index in [4.69, 9.17) is 20.9 Å². The molecule has 146 valence electrons. The Morgan fingerprint density at radius 3 is 2.62 bits per heavy atom. The summed E-state index contributed by atoms with van der Waals surface area (Å²) in [6, 6.07) is 17.9. The number of carbonyl (C=O) groups excluding carboxylic acids is 1. The summed E-state index contributed by atoms with van der Waals surface area (Å²) < 4.78 is 12.3. The average molecular weight is 409 g/mol. The number of anilines is 1. The Labute approximate surface area is 171 Å². The van der Waals surface area contributed by atoms with E-state index in [0.29, 0.717) is 28.1 Å². The molecule has 1 amide bonds. The summed E-state index contributed by atoms with van der Waals surface area (Å²) in [6.45, 7) is 0.104. The SMILES string of the molecule is COc1ccc(NC(=O)Cn2cccc2-c2nc(-c3ccc(Cl)cc3)no2)cc1. The Morgan fingerprint density at radius 2 is 1.90 bits per heavy atom. The van der Waals surface area contributed by atoms with Crippen molar-refractivity contribution in [3.05, 3.63) is 71.9 Å². The molecule has 0 fully saturated rings. The molecule has 2 aromatic carbocycles. The van der Waals surface area contributed by atoms with Gasteiger partial charge in [0.1, 0.15) is 18.0 Å². The number of nitrogens with zero attached hydrogens (tertiary/aromatic N) is 3. The molecule has 4 aromatic rings. The van der Waals surface area contributed by atoms with Gasteiger partial charge in [-0.05, 0) is 60.7 Å². The first-order chi connectivity index (χ1) is 14.1. The molecule has 0 radical (unpaired) electrons. The minimum atomic E-state index is -0.176. The number of halogens is 1. The van der Waals surface area contributed by atoms with Crippen molar-refractivity contribution in [1.29, 1.82) is 0 Å². The fourth-order valence-electron chi connectivity index (χ4n) is 2.82. The summed E-state index contributed by atoms with van der Waals surface area (Å²) in [5.74, 6) is 1.33. The summed E-state index contributed by atoms with van der Waals surface area (Å²) in [4.78, 5) is 16.9. The van der Waals surface area contributed by atoms with Crippen LogP contribution < -0.4 is 10.1 Å². The first-order valence-electron chi connectivity index (χ1n) is 8.81. The van der Waals surface area contributed by atoms with Crippen LogP contribution in [0.1, 0.15) is 0 Å². The molecule has 8 heteroatoms.